The van der Waals surface area contributed by atoms with Gasteiger partial charge in [0.25, 0.3) is 0 Å². The van der Waals surface area contributed by atoms with Crippen LogP contribution in [0.5, 0.6) is 0 Å². The smallest absolute Gasteiger partial charge is 0.408 e. The number of hydrogen-bond donors (Lipinski definition) is 1. The van der Waals surface area contributed by atoms with Crippen molar-refractivity contribution in [2.24, 2.45) is 13.0 Å². The highest BCUT2D eigenvalue weighted by Gasteiger charge is 2.44. The van der Waals surface area contributed by atoms with Crippen LogP contribution in [0.4, 0.5) is 10.1 Å². The largest absolute Gasteiger partial charge is 0.419 e. The van der Waals surface area contributed by atoms with Gasteiger partial charge in [0.15, 0.2) is 5.58 Å². The van der Waals surface area contributed by atoms with E-state index in [0.29, 0.717) is 23.2 Å². The summed E-state index contributed by atoms with van der Waals surface area (Å²) >= 11 is 0. The number of anilines is 1. The predicted octanol–water partition coefficient (Wildman–Crippen LogP) is 3.01. The number of benzene rings is 2. The summed E-state index contributed by atoms with van der Waals surface area (Å²) in [6.45, 7) is 0. The summed E-state index contributed by atoms with van der Waals surface area (Å²) in [5.74, 6) is -0.948. The Balaban J connectivity index is 1.50. The van der Waals surface area contributed by atoms with Gasteiger partial charge >= 0.3 is 5.76 Å². The summed E-state index contributed by atoms with van der Waals surface area (Å²) in [5, 5.41) is 2.84. The molecule has 0 saturated heterocycles. The Hall–Kier alpha value is -2.89. The Kier molecular flexibility index (Phi) is 3.26. The van der Waals surface area contributed by atoms with E-state index in [2.05, 4.69) is 5.32 Å². The Bertz CT molecular complexity index is 1000. The molecule has 0 bridgehead atoms. The molecular formula is C18H15FN2O3. The van der Waals surface area contributed by atoms with E-state index >= 15 is 0 Å². The van der Waals surface area contributed by atoms with Crippen LogP contribution in [0.25, 0.3) is 11.1 Å². The van der Waals surface area contributed by atoms with Crippen molar-refractivity contribution in [2.75, 3.05) is 5.32 Å². The molecular weight excluding hydrogens is 311 g/mol. The van der Waals surface area contributed by atoms with Gasteiger partial charge in [-0.2, -0.15) is 0 Å². The average molecular weight is 326 g/mol. The van der Waals surface area contributed by atoms with Crippen LogP contribution >= 0.6 is 0 Å². The summed E-state index contributed by atoms with van der Waals surface area (Å²) in [6.07, 6.45) is 0.706. The van der Waals surface area contributed by atoms with E-state index in [4.69, 9.17) is 4.42 Å². The lowest BCUT2D eigenvalue weighted by Crippen LogP contribution is -2.14. The monoisotopic (exact) mass is 326 g/mol. The number of oxazole rings is 1. The minimum Gasteiger partial charge on any atom is -0.408 e. The molecule has 0 radical (unpaired) electrons. The highest BCUT2D eigenvalue weighted by molar-refractivity contribution is 5.96. The average Bonchev–Trinajstić information content (AvgIpc) is 3.30. The van der Waals surface area contributed by atoms with Gasteiger partial charge < -0.3 is 9.73 Å². The first kappa shape index (κ1) is 14.7. The standard InChI is InChI=1S/C18H15FN2O3/c1-21-15-6-5-12(8-16(15)24-18(21)23)20-17(22)14-9-13(14)10-3-2-4-11(19)7-10/h2-8,13-14H,9H2,1H3,(H,20,22)/t13-,14-/m0/s1. The molecule has 1 aliphatic carbocycles. The molecule has 1 N–H and O–H groups in total. The van der Waals surface area contributed by atoms with E-state index in [1.165, 1.54) is 16.7 Å². The summed E-state index contributed by atoms with van der Waals surface area (Å²) < 4.78 is 19.8. The van der Waals surface area contributed by atoms with Crippen molar-refractivity contribution in [2.45, 2.75) is 12.3 Å². The maximum absolute atomic E-state index is 13.3. The van der Waals surface area contributed by atoms with Crippen molar-refractivity contribution in [1.82, 2.24) is 4.57 Å². The van der Waals surface area contributed by atoms with Gasteiger partial charge in [0.2, 0.25) is 5.91 Å². The van der Waals surface area contributed by atoms with Gasteiger partial charge in [-0.1, -0.05) is 12.1 Å². The molecule has 1 aliphatic rings. The third-order valence-electron chi connectivity index (χ3n) is 4.46. The first-order chi connectivity index (χ1) is 11.5. The molecule has 1 aromatic heterocycles. The molecule has 6 heteroatoms. The second-order valence-electron chi connectivity index (χ2n) is 6.10. The van der Waals surface area contributed by atoms with E-state index in [-0.39, 0.29) is 23.6 Å². The van der Waals surface area contributed by atoms with E-state index in [1.807, 2.05) is 6.07 Å². The quantitative estimate of drug-likeness (QED) is 0.805. The summed E-state index contributed by atoms with van der Waals surface area (Å²) in [6, 6.07) is 11.5. The van der Waals surface area contributed by atoms with Gasteiger partial charge in [0.05, 0.1) is 5.52 Å². The first-order valence-electron chi connectivity index (χ1n) is 7.69. The number of hydrogen-bond acceptors (Lipinski definition) is 3. The minimum atomic E-state index is -0.443. The SMILES string of the molecule is Cn1c(=O)oc2cc(NC(=O)[C@H]3C[C@H]3c3cccc(F)c3)ccc21. The molecule has 0 spiro atoms. The van der Waals surface area contributed by atoms with Crippen molar-refractivity contribution >= 4 is 22.7 Å². The Morgan fingerprint density at radius 2 is 2.12 bits per heavy atom. The molecule has 1 fully saturated rings. The normalized spacial score (nSPS) is 19.4. The molecule has 1 amide bonds. The number of aromatic nitrogens is 1. The molecule has 24 heavy (non-hydrogen) atoms. The van der Waals surface area contributed by atoms with E-state index in [9.17, 15) is 14.0 Å². The lowest BCUT2D eigenvalue weighted by atomic mass is 10.1. The van der Waals surface area contributed by atoms with Crippen LogP contribution in [0.1, 0.15) is 17.9 Å². The maximum Gasteiger partial charge on any atom is 0.419 e. The summed E-state index contributed by atoms with van der Waals surface area (Å²) in [7, 11) is 1.63. The van der Waals surface area contributed by atoms with Crippen LogP contribution in [0.3, 0.4) is 0 Å². The van der Waals surface area contributed by atoms with Crippen molar-refractivity contribution < 1.29 is 13.6 Å². The minimum absolute atomic E-state index is 0.0547. The van der Waals surface area contributed by atoms with E-state index in [0.717, 1.165) is 5.56 Å². The summed E-state index contributed by atoms with van der Waals surface area (Å²) in [5.41, 5.74) is 2.52. The van der Waals surface area contributed by atoms with Crippen LogP contribution in [-0.4, -0.2) is 10.5 Å². The first-order valence-corrected chi connectivity index (χ1v) is 7.69. The Morgan fingerprint density at radius 1 is 1.29 bits per heavy atom. The van der Waals surface area contributed by atoms with E-state index < -0.39 is 5.76 Å². The van der Waals surface area contributed by atoms with Gasteiger partial charge in [-0.25, -0.2) is 9.18 Å². The number of carbonyl (C=O) groups excluding carboxylic acids is 1. The number of fused-ring (bicyclic) bond motifs is 1. The fourth-order valence-corrected chi connectivity index (χ4v) is 3.04. The highest BCUT2D eigenvalue weighted by Crippen LogP contribution is 2.48. The zero-order valence-electron chi connectivity index (χ0n) is 13.0. The van der Waals surface area contributed by atoms with Crippen molar-refractivity contribution in [3.05, 3.63) is 64.4 Å². The second kappa shape index (κ2) is 5.33. The molecule has 1 saturated carbocycles. The topological polar surface area (TPSA) is 64.2 Å². The lowest BCUT2D eigenvalue weighted by Gasteiger charge is -2.05. The van der Waals surface area contributed by atoms with Gasteiger partial charge in [-0.05, 0) is 42.2 Å². The van der Waals surface area contributed by atoms with E-state index in [1.54, 1.807) is 31.3 Å². The van der Waals surface area contributed by atoms with Crippen LogP contribution in [0, 0.1) is 11.7 Å². The number of rotatable bonds is 3. The molecule has 3 aromatic rings. The van der Waals surface area contributed by atoms with Crippen LogP contribution < -0.4 is 11.1 Å². The highest BCUT2D eigenvalue weighted by atomic mass is 19.1. The Labute approximate surface area is 136 Å². The molecule has 4 rings (SSSR count). The fourth-order valence-electron chi connectivity index (χ4n) is 3.04. The zero-order valence-corrected chi connectivity index (χ0v) is 13.0. The number of amides is 1. The third kappa shape index (κ3) is 2.50. The van der Waals surface area contributed by atoms with Gasteiger partial charge in [-0.15, -0.1) is 0 Å². The Morgan fingerprint density at radius 3 is 2.92 bits per heavy atom. The third-order valence-corrected chi connectivity index (χ3v) is 4.46. The van der Waals surface area contributed by atoms with Crippen molar-refractivity contribution in [3.8, 4) is 0 Å². The molecule has 0 aliphatic heterocycles. The van der Waals surface area contributed by atoms with Gasteiger partial charge in [0, 0.05) is 24.7 Å². The number of aryl methyl sites for hydroxylation is 1. The second-order valence-corrected chi connectivity index (χ2v) is 6.10. The zero-order chi connectivity index (χ0) is 16.8. The number of carbonyl (C=O) groups is 1. The molecule has 5 nitrogen and oxygen atoms in total. The van der Waals surface area contributed by atoms with Crippen LogP contribution in [-0.2, 0) is 11.8 Å². The molecule has 2 aromatic carbocycles. The van der Waals surface area contributed by atoms with Gasteiger partial charge in [0.1, 0.15) is 5.82 Å². The summed E-state index contributed by atoms with van der Waals surface area (Å²) in [4.78, 5) is 23.8. The number of nitrogens with zero attached hydrogens (tertiary/aromatic N) is 1. The molecule has 122 valence electrons. The fraction of sp³-hybridized carbons (Fsp3) is 0.222. The van der Waals surface area contributed by atoms with Crippen LogP contribution in [0.15, 0.2) is 51.7 Å². The maximum atomic E-state index is 13.3. The van der Waals surface area contributed by atoms with Crippen LogP contribution in [0.2, 0.25) is 0 Å². The van der Waals surface area contributed by atoms with Crippen molar-refractivity contribution in [3.63, 3.8) is 0 Å². The molecule has 1 heterocycles. The lowest BCUT2D eigenvalue weighted by molar-refractivity contribution is -0.117. The molecule has 0 unspecified atom stereocenters. The number of nitrogens with one attached hydrogen (secondary N) is 1. The number of halogens is 1. The predicted molar refractivity (Wildman–Crippen MR) is 87.3 cm³/mol. The van der Waals surface area contributed by atoms with Gasteiger partial charge in [-0.3, -0.25) is 9.36 Å². The molecule has 2 atom stereocenters. The van der Waals surface area contributed by atoms with Crippen molar-refractivity contribution in [1.29, 1.82) is 0 Å².